The Morgan fingerprint density at radius 2 is 2.00 bits per heavy atom. The summed E-state index contributed by atoms with van der Waals surface area (Å²) in [5, 5.41) is 7.63. The predicted molar refractivity (Wildman–Crippen MR) is 70.6 cm³/mol. The smallest absolute Gasteiger partial charge is 0.244 e. The number of hydrogen-bond acceptors (Lipinski definition) is 4. The molecule has 1 fully saturated rings. The summed E-state index contributed by atoms with van der Waals surface area (Å²) in [5.41, 5.74) is 2.76. The molecule has 1 aromatic heterocycles. The monoisotopic (exact) mass is 255 g/mol. The molecule has 1 atom stereocenters. The summed E-state index contributed by atoms with van der Waals surface area (Å²) >= 11 is 0. The molecular weight excluding hydrogens is 238 g/mol. The van der Waals surface area contributed by atoms with Crippen molar-refractivity contribution in [3.63, 3.8) is 0 Å². The van der Waals surface area contributed by atoms with Crippen molar-refractivity contribution in [3.05, 3.63) is 47.1 Å². The van der Waals surface area contributed by atoms with Crippen LogP contribution in [-0.4, -0.2) is 10.1 Å². The second-order valence-electron chi connectivity index (χ2n) is 5.52. The van der Waals surface area contributed by atoms with Gasteiger partial charge in [-0.2, -0.15) is 4.98 Å². The van der Waals surface area contributed by atoms with Crippen molar-refractivity contribution >= 4 is 0 Å². The Bertz CT molecular complexity index is 589. The molecule has 0 spiro atoms. The van der Waals surface area contributed by atoms with Crippen LogP contribution in [0.1, 0.15) is 54.1 Å². The van der Waals surface area contributed by atoms with Gasteiger partial charge in [0.05, 0.1) is 6.04 Å². The highest BCUT2D eigenvalue weighted by Gasteiger charge is 2.28. The fraction of sp³-hybridized carbons (Fsp3) is 0.467. The van der Waals surface area contributed by atoms with Gasteiger partial charge in [-0.1, -0.05) is 35.8 Å². The summed E-state index contributed by atoms with van der Waals surface area (Å²) in [6.07, 6.45) is 4.64. The second kappa shape index (κ2) is 4.46. The normalized spacial score (nSPS) is 22.8. The Morgan fingerprint density at radius 1 is 1.16 bits per heavy atom. The number of nitrogens with zero attached hydrogens (tertiary/aromatic N) is 2. The lowest BCUT2D eigenvalue weighted by Crippen LogP contribution is -2.28. The maximum Gasteiger partial charge on any atom is 0.244 e. The van der Waals surface area contributed by atoms with Gasteiger partial charge in [0.1, 0.15) is 0 Å². The first-order valence-electron chi connectivity index (χ1n) is 7.04. The minimum Gasteiger partial charge on any atom is -0.338 e. The van der Waals surface area contributed by atoms with E-state index >= 15 is 0 Å². The zero-order valence-electron chi connectivity index (χ0n) is 10.8. The average molecular weight is 255 g/mol. The van der Waals surface area contributed by atoms with Gasteiger partial charge in [0.15, 0.2) is 5.82 Å². The van der Waals surface area contributed by atoms with Crippen LogP contribution in [0, 0.1) is 0 Å². The summed E-state index contributed by atoms with van der Waals surface area (Å²) in [5.74, 6) is 2.19. The molecule has 1 aliphatic carbocycles. The molecule has 0 unspecified atom stereocenters. The van der Waals surface area contributed by atoms with Gasteiger partial charge in [-0.15, -0.1) is 0 Å². The summed E-state index contributed by atoms with van der Waals surface area (Å²) < 4.78 is 5.45. The highest BCUT2D eigenvalue weighted by atomic mass is 16.5. The quantitative estimate of drug-likeness (QED) is 0.896. The lowest BCUT2D eigenvalue weighted by Gasteiger charge is -2.23. The molecule has 1 saturated carbocycles. The third-order valence-electron chi connectivity index (χ3n) is 4.31. The van der Waals surface area contributed by atoms with E-state index in [4.69, 9.17) is 4.52 Å². The Balaban J connectivity index is 1.55. The molecule has 0 amide bonds. The SMILES string of the molecule is c1ccc2c(c1)CN[C@@H](c1nc(C3CCC3)no1)C2. The van der Waals surface area contributed by atoms with Crippen LogP contribution < -0.4 is 5.32 Å². The molecule has 2 heterocycles. The van der Waals surface area contributed by atoms with E-state index in [0.717, 1.165) is 24.7 Å². The molecule has 2 aliphatic rings. The Hall–Kier alpha value is -1.68. The fourth-order valence-corrected chi connectivity index (χ4v) is 2.85. The summed E-state index contributed by atoms with van der Waals surface area (Å²) in [6, 6.07) is 8.70. The minimum atomic E-state index is 0.163. The maximum absolute atomic E-state index is 5.45. The Kier molecular flexibility index (Phi) is 2.62. The van der Waals surface area contributed by atoms with Gasteiger partial charge in [-0.05, 0) is 30.4 Å². The van der Waals surface area contributed by atoms with Gasteiger partial charge in [-0.3, -0.25) is 0 Å². The average Bonchev–Trinajstić information content (AvgIpc) is 2.85. The Labute approximate surface area is 112 Å². The number of nitrogens with one attached hydrogen (secondary N) is 1. The molecule has 98 valence electrons. The van der Waals surface area contributed by atoms with E-state index in [1.807, 2.05) is 0 Å². The molecular formula is C15H17N3O. The summed E-state index contributed by atoms with van der Waals surface area (Å²) in [7, 11) is 0. The molecule has 2 aromatic rings. The van der Waals surface area contributed by atoms with Crippen molar-refractivity contribution < 1.29 is 4.52 Å². The predicted octanol–water partition coefficient (Wildman–Crippen LogP) is 2.72. The highest BCUT2D eigenvalue weighted by Crippen LogP contribution is 2.35. The number of fused-ring (bicyclic) bond motifs is 1. The van der Waals surface area contributed by atoms with E-state index in [2.05, 4.69) is 39.7 Å². The number of hydrogen-bond donors (Lipinski definition) is 1. The molecule has 19 heavy (non-hydrogen) atoms. The van der Waals surface area contributed by atoms with Crippen LogP contribution in [-0.2, 0) is 13.0 Å². The molecule has 1 aliphatic heterocycles. The topological polar surface area (TPSA) is 51.0 Å². The standard InChI is InChI=1S/C15H17N3O/c1-2-5-12-9-16-13(8-11(12)4-1)15-17-14(18-19-15)10-6-3-7-10/h1-2,4-5,10,13,16H,3,6-9H2/t13-/m1/s1. The van der Waals surface area contributed by atoms with E-state index in [1.54, 1.807) is 0 Å². The van der Waals surface area contributed by atoms with Gasteiger partial charge < -0.3 is 9.84 Å². The van der Waals surface area contributed by atoms with Crippen molar-refractivity contribution in [2.24, 2.45) is 0 Å². The zero-order valence-corrected chi connectivity index (χ0v) is 10.8. The molecule has 4 heteroatoms. The number of rotatable bonds is 2. The van der Waals surface area contributed by atoms with Crippen molar-refractivity contribution in [3.8, 4) is 0 Å². The lowest BCUT2D eigenvalue weighted by atomic mass is 9.85. The van der Waals surface area contributed by atoms with Gasteiger partial charge in [0.25, 0.3) is 0 Å². The van der Waals surface area contributed by atoms with E-state index in [-0.39, 0.29) is 6.04 Å². The maximum atomic E-state index is 5.45. The van der Waals surface area contributed by atoms with E-state index in [1.165, 1.54) is 30.4 Å². The second-order valence-corrected chi connectivity index (χ2v) is 5.52. The first-order chi connectivity index (χ1) is 9.40. The van der Waals surface area contributed by atoms with Gasteiger partial charge in [0.2, 0.25) is 5.89 Å². The first-order valence-corrected chi connectivity index (χ1v) is 7.04. The van der Waals surface area contributed by atoms with Crippen LogP contribution in [0.3, 0.4) is 0 Å². The third kappa shape index (κ3) is 1.96. The van der Waals surface area contributed by atoms with Crippen molar-refractivity contribution in [1.29, 1.82) is 0 Å². The van der Waals surface area contributed by atoms with Crippen molar-refractivity contribution in [1.82, 2.24) is 15.5 Å². The summed E-state index contributed by atoms with van der Waals surface area (Å²) in [6.45, 7) is 0.877. The third-order valence-corrected chi connectivity index (χ3v) is 4.31. The Morgan fingerprint density at radius 3 is 2.79 bits per heavy atom. The van der Waals surface area contributed by atoms with Gasteiger partial charge >= 0.3 is 0 Å². The van der Waals surface area contributed by atoms with E-state index in [9.17, 15) is 0 Å². The van der Waals surface area contributed by atoms with Gasteiger partial charge in [-0.25, -0.2) is 0 Å². The first kappa shape index (κ1) is 11.2. The van der Waals surface area contributed by atoms with Gasteiger partial charge in [0, 0.05) is 12.5 Å². The van der Waals surface area contributed by atoms with Crippen LogP contribution >= 0.6 is 0 Å². The molecule has 0 radical (unpaired) electrons. The molecule has 0 bridgehead atoms. The van der Waals surface area contributed by atoms with Crippen LogP contribution in [0.25, 0.3) is 0 Å². The van der Waals surface area contributed by atoms with E-state index < -0.39 is 0 Å². The minimum absolute atomic E-state index is 0.163. The van der Waals surface area contributed by atoms with E-state index in [0.29, 0.717) is 5.92 Å². The largest absolute Gasteiger partial charge is 0.338 e. The molecule has 1 aromatic carbocycles. The number of benzene rings is 1. The van der Waals surface area contributed by atoms with Crippen molar-refractivity contribution in [2.45, 2.75) is 44.2 Å². The highest BCUT2D eigenvalue weighted by molar-refractivity contribution is 5.30. The lowest BCUT2D eigenvalue weighted by molar-refractivity contribution is 0.311. The zero-order chi connectivity index (χ0) is 12.7. The van der Waals surface area contributed by atoms with Crippen LogP contribution in [0.15, 0.2) is 28.8 Å². The summed E-state index contributed by atoms with van der Waals surface area (Å²) in [4.78, 5) is 4.59. The fourth-order valence-electron chi connectivity index (χ4n) is 2.85. The van der Waals surface area contributed by atoms with Crippen LogP contribution in [0.5, 0.6) is 0 Å². The molecule has 1 N–H and O–H groups in total. The van der Waals surface area contributed by atoms with Crippen LogP contribution in [0.2, 0.25) is 0 Å². The van der Waals surface area contributed by atoms with Crippen LogP contribution in [0.4, 0.5) is 0 Å². The molecule has 0 saturated heterocycles. The molecule has 4 rings (SSSR count). The number of aromatic nitrogens is 2. The molecule has 4 nitrogen and oxygen atoms in total. The van der Waals surface area contributed by atoms with Crippen molar-refractivity contribution in [2.75, 3.05) is 0 Å².